The predicted octanol–water partition coefficient (Wildman–Crippen LogP) is 3.35. The van der Waals surface area contributed by atoms with Crippen LogP contribution in [0.15, 0.2) is 53.4 Å². The fraction of sp³-hybridized carbons (Fsp3) is 0.364. The molecular formula is C22H28N2O6S. The topological polar surface area (TPSA) is 111 Å². The second-order valence-electron chi connectivity index (χ2n) is 7.45. The van der Waals surface area contributed by atoms with Crippen LogP contribution in [0.4, 0.5) is 5.69 Å². The number of ether oxygens (including phenoxy) is 2. The molecule has 168 valence electrons. The zero-order valence-corrected chi connectivity index (χ0v) is 18.9. The van der Waals surface area contributed by atoms with E-state index in [0.717, 1.165) is 6.42 Å². The number of carbonyl (C=O) groups excluding carboxylic acids is 2. The van der Waals surface area contributed by atoms with E-state index in [1.807, 2.05) is 27.7 Å². The van der Waals surface area contributed by atoms with Crippen molar-refractivity contribution in [2.75, 3.05) is 17.9 Å². The van der Waals surface area contributed by atoms with Crippen molar-refractivity contribution in [2.45, 2.75) is 44.6 Å². The van der Waals surface area contributed by atoms with E-state index >= 15 is 0 Å². The van der Waals surface area contributed by atoms with Crippen molar-refractivity contribution < 1.29 is 27.5 Å². The molecule has 1 amide bonds. The van der Waals surface area contributed by atoms with Crippen molar-refractivity contribution in [1.82, 2.24) is 5.32 Å². The van der Waals surface area contributed by atoms with E-state index in [0.29, 0.717) is 12.4 Å². The third kappa shape index (κ3) is 7.29. The summed E-state index contributed by atoms with van der Waals surface area (Å²) in [7, 11) is -3.79. The highest BCUT2D eigenvalue weighted by Crippen LogP contribution is 2.20. The lowest BCUT2D eigenvalue weighted by Crippen LogP contribution is -2.44. The van der Waals surface area contributed by atoms with Gasteiger partial charge in [-0.25, -0.2) is 13.2 Å². The molecule has 2 aromatic carbocycles. The molecule has 0 aliphatic carbocycles. The van der Waals surface area contributed by atoms with Gasteiger partial charge >= 0.3 is 5.97 Å². The van der Waals surface area contributed by atoms with Gasteiger partial charge < -0.3 is 14.8 Å². The first-order valence-electron chi connectivity index (χ1n) is 9.90. The minimum absolute atomic E-state index is 0.0838. The number of carbonyl (C=O) groups is 2. The normalized spacial score (nSPS) is 11.5. The average molecular weight is 449 g/mol. The number of anilines is 1. The molecule has 31 heavy (non-hydrogen) atoms. The van der Waals surface area contributed by atoms with E-state index in [2.05, 4.69) is 10.0 Å². The van der Waals surface area contributed by atoms with E-state index in [1.54, 1.807) is 12.1 Å². The first-order valence-corrected chi connectivity index (χ1v) is 11.4. The van der Waals surface area contributed by atoms with Gasteiger partial charge in [-0.1, -0.05) is 6.92 Å². The molecule has 0 saturated carbocycles. The highest BCUT2D eigenvalue weighted by Gasteiger charge is 2.19. The molecule has 0 atom stereocenters. The molecule has 0 aromatic heterocycles. The van der Waals surface area contributed by atoms with Crippen LogP contribution in [0.1, 0.15) is 44.5 Å². The number of esters is 1. The van der Waals surface area contributed by atoms with E-state index < -0.39 is 22.6 Å². The zero-order chi connectivity index (χ0) is 23.1. The molecule has 0 heterocycles. The molecule has 0 unspecified atom stereocenters. The first-order chi connectivity index (χ1) is 14.6. The Kier molecular flexibility index (Phi) is 8.04. The summed E-state index contributed by atoms with van der Waals surface area (Å²) in [5.74, 6) is -0.485. The van der Waals surface area contributed by atoms with Crippen LogP contribution in [-0.2, 0) is 19.6 Å². The lowest BCUT2D eigenvalue weighted by Gasteiger charge is -2.24. The van der Waals surface area contributed by atoms with Crippen LogP contribution < -0.4 is 14.8 Å². The Hall–Kier alpha value is -3.07. The lowest BCUT2D eigenvalue weighted by molar-refractivity contribution is -0.125. The minimum atomic E-state index is -3.79. The maximum atomic E-state index is 12.5. The third-order valence-corrected chi connectivity index (χ3v) is 5.91. The van der Waals surface area contributed by atoms with Gasteiger partial charge in [-0.05, 0) is 75.7 Å². The van der Waals surface area contributed by atoms with Crippen LogP contribution in [0.3, 0.4) is 0 Å². The second-order valence-corrected chi connectivity index (χ2v) is 9.13. The van der Waals surface area contributed by atoms with E-state index in [9.17, 15) is 18.0 Å². The number of sulfonamides is 1. The number of hydrogen-bond acceptors (Lipinski definition) is 6. The predicted molar refractivity (Wildman–Crippen MR) is 118 cm³/mol. The molecule has 0 aliphatic heterocycles. The van der Waals surface area contributed by atoms with Crippen molar-refractivity contribution in [3.63, 3.8) is 0 Å². The van der Waals surface area contributed by atoms with Crippen LogP contribution in [0.25, 0.3) is 0 Å². The van der Waals surface area contributed by atoms with E-state index in [-0.39, 0.29) is 27.6 Å². The average Bonchev–Trinajstić information content (AvgIpc) is 2.72. The van der Waals surface area contributed by atoms with E-state index in [1.165, 1.54) is 36.4 Å². The number of hydrogen-bond donors (Lipinski definition) is 2. The number of nitrogens with one attached hydrogen (secondary N) is 2. The fourth-order valence-corrected chi connectivity index (χ4v) is 3.55. The zero-order valence-electron chi connectivity index (χ0n) is 18.1. The molecular weight excluding hydrogens is 420 g/mol. The Morgan fingerprint density at radius 3 is 2.13 bits per heavy atom. The Bertz CT molecular complexity index is 999. The van der Waals surface area contributed by atoms with Crippen molar-refractivity contribution >= 4 is 27.6 Å². The van der Waals surface area contributed by atoms with Gasteiger partial charge in [0, 0.05) is 11.2 Å². The summed E-state index contributed by atoms with van der Waals surface area (Å²) in [5.41, 5.74) is 0.102. The van der Waals surface area contributed by atoms with Crippen LogP contribution in [0.5, 0.6) is 5.75 Å². The molecule has 8 nitrogen and oxygen atoms in total. The minimum Gasteiger partial charge on any atom is -0.494 e. The van der Waals surface area contributed by atoms with Gasteiger partial charge in [0.05, 0.1) is 17.1 Å². The molecule has 2 rings (SSSR count). The summed E-state index contributed by atoms with van der Waals surface area (Å²) in [6.07, 6.45) is 0.737. The standard InChI is InChI=1S/C22H28N2O6S/c1-5-22(3,4)23-20(25)15-30-21(26)16-7-9-17(10-8-16)24-31(27,28)19-13-11-18(12-14-19)29-6-2/h7-14,24H,5-6,15H2,1-4H3,(H,23,25). The summed E-state index contributed by atoms with van der Waals surface area (Å²) < 4.78 is 37.8. The van der Waals surface area contributed by atoms with Gasteiger partial charge in [-0.3, -0.25) is 9.52 Å². The third-order valence-electron chi connectivity index (χ3n) is 4.51. The Morgan fingerprint density at radius 1 is 0.968 bits per heavy atom. The van der Waals surface area contributed by atoms with Crippen molar-refractivity contribution in [3.8, 4) is 5.75 Å². The van der Waals surface area contributed by atoms with Crippen LogP contribution in [-0.4, -0.2) is 39.0 Å². The molecule has 0 spiro atoms. The quantitative estimate of drug-likeness (QED) is 0.539. The fourth-order valence-electron chi connectivity index (χ4n) is 2.49. The summed E-state index contributed by atoms with van der Waals surface area (Å²) in [5, 5.41) is 2.77. The molecule has 0 aliphatic rings. The lowest BCUT2D eigenvalue weighted by atomic mass is 10.0. The van der Waals surface area contributed by atoms with Gasteiger partial charge in [-0.15, -0.1) is 0 Å². The molecule has 0 radical (unpaired) electrons. The van der Waals surface area contributed by atoms with Gasteiger partial charge in [-0.2, -0.15) is 0 Å². The maximum absolute atomic E-state index is 12.5. The highest BCUT2D eigenvalue weighted by atomic mass is 32.2. The smallest absolute Gasteiger partial charge is 0.338 e. The summed E-state index contributed by atoms with van der Waals surface area (Å²) in [6, 6.07) is 11.8. The maximum Gasteiger partial charge on any atom is 0.338 e. The van der Waals surface area contributed by atoms with Crippen LogP contribution >= 0.6 is 0 Å². The molecule has 0 fully saturated rings. The van der Waals surface area contributed by atoms with Crippen LogP contribution in [0, 0.1) is 0 Å². The largest absolute Gasteiger partial charge is 0.494 e. The summed E-state index contributed by atoms with van der Waals surface area (Å²) in [4.78, 5) is 24.1. The highest BCUT2D eigenvalue weighted by molar-refractivity contribution is 7.92. The Balaban J connectivity index is 1.96. The molecule has 2 N–H and O–H groups in total. The SMILES string of the molecule is CCOc1ccc(S(=O)(=O)Nc2ccc(C(=O)OCC(=O)NC(C)(C)CC)cc2)cc1. The summed E-state index contributed by atoms with van der Waals surface area (Å²) >= 11 is 0. The number of benzene rings is 2. The molecule has 2 aromatic rings. The number of rotatable bonds is 10. The van der Waals surface area contributed by atoms with Crippen molar-refractivity contribution in [3.05, 3.63) is 54.1 Å². The Morgan fingerprint density at radius 2 is 1.58 bits per heavy atom. The molecule has 0 saturated heterocycles. The van der Waals surface area contributed by atoms with Crippen molar-refractivity contribution in [1.29, 1.82) is 0 Å². The molecule has 9 heteroatoms. The van der Waals surface area contributed by atoms with Gasteiger partial charge in [0.2, 0.25) is 0 Å². The monoisotopic (exact) mass is 448 g/mol. The van der Waals surface area contributed by atoms with Gasteiger partial charge in [0.15, 0.2) is 6.61 Å². The summed E-state index contributed by atoms with van der Waals surface area (Å²) in [6.45, 7) is 7.63. The van der Waals surface area contributed by atoms with Crippen LogP contribution in [0.2, 0.25) is 0 Å². The van der Waals surface area contributed by atoms with Gasteiger partial charge in [0.1, 0.15) is 5.75 Å². The molecule has 0 bridgehead atoms. The Labute approximate surface area is 183 Å². The number of amides is 1. The second kappa shape index (κ2) is 10.3. The van der Waals surface area contributed by atoms with E-state index in [4.69, 9.17) is 9.47 Å². The van der Waals surface area contributed by atoms with Gasteiger partial charge in [0.25, 0.3) is 15.9 Å². The first kappa shape index (κ1) is 24.2. The van der Waals surface area contributed by atoms with Crippen molar-refractivity contribution in [2.24, 2.45) is 0 Å².